The molecule has 0 spiro atoms. The first-order chi connectivity index (χ1) is 14.5. The van der Waals surface area contributed by atoms with E-state index < -0.39 is 11.6 Å². The lowest BCUT2D eigenvalue weighted by Crippen LogP contribution is -2.02. The zero-order valence-corrected chi connectivity index (χ0v) is 17.0. The number of rotatable bonds is 6. The Bertz CT molecular complexity index is 1190. The van der Waals surface area contributed by atoms with Crippen LogP contribution in [0.15, 0.2) is 36.4 Å². The van der Waals surface area contributed by atoms with E-state index in [0.717, 1.165) is 23.7 Å². The molecule has 0 bridgehead atoms. The van der Waals surface area contributed by atoms with Crippen LogP contribution in [0.2, 0.25) is 0 Å². The van der Waals surface area contributed by atoms with Crippen molar-refractivity contribution in [1.29, 1.82) is 0 Å². The SMILES string of the molecule is COc1cc(Nc2nc(-c3nnn(-c4ccc(F)cc4F)c3C)ns2)cc(OC)c1. The maximum atomic E-state index is 14.1. The van der Waals surface area contributed by atoms with E-state index >= 15 is 0 Å². The van der Waals surface area contributed by atoms with Crippen molar-refractivity contribution in [2.45, 2.75) is 6.92 Å². The molecule has 154 valence electrons. The lowest BCUT2D eigenvalue weighted by Gasteiger charge is -2.08. The molecule has 4 aromatic rings. The Balaban J connectivity index is 1.61. The summed E-state index contributed by atoms with van der Waals surface area (Å²) in [6, 6.07) is 8.60. The van der Waals surface area contributed by atoms with Crippen molar-refractivity contribution in [3.05, 3.63) is 53.7 Å². The van der Waals surface area contributed by atoms with Crippen LogP contribution in [0.25, 0.3) is 17.2 Å². The molecule has 0 fully saturated rings. The highest BCUT2D eigenvalue weighted by atomic mass is 32.1. The van der Waals surface area contributed by atoms with Gasteiger partial charge in [0.25, 0.3) is 0 Å². The van der Waals surface area contributed by atoms with Crippen LogP contribution in [0.4, 0.5) is 19.6 Å². The third-order valence-electron chi connectivity index (χ3n) is 4.27. The first-order valence-corrected chi connectivity index (χ1v) is 9.47. The number of nitrogens with zero attached hydrogens (tertiary/aromatic N) is 5. The van der Waals surface area contributed by atoms with Gasteiger partial charge in [-0.05, 0) is 19.1 Å². The van der Waals surface area contributed by atoms with E-state index in [4.69, 9.17) is 9.47 Å². The fourth-order valence-electron chi connectivity index (χ4n) is 2.79. The quantitative estimate of drug-likeness (QED) is 0.492. The first kappa shape index (κ1) is 19.7. The van der Waals surface area contributed by atoms with Crippen molar-refractivity contribution in [3.8, 4) is 28.7 Å². The molecule has 0 aliphatic carbocycles. The molecular weight excluding hydrogens is 414 g/mol. The zero-order valence-electron chi connectivity index (χ0n) is 16.2. The molecule has 2 heterocycles. The molecular formula is C19H16F2N6O2S. The minimum atomic E-state index is -0.741. The van der Waals surface area contributed by atoms with Gasteiger partial charge in [-0.25, -0.2) is 13.5 Å². The van der Waals surface area contributed by atoms with E-state index in [9.17, 15) is 8.78 Å². The second-order valence-electron chi connectivity index (χ2n) is 6.18. The number of halogens is 2. The van der Waals surface area contributed by atoms with Crippen molar-refractivity contribution < 1.29 is 18.3 Å². The molecule has 8 nitrogen and oxygen atoms in total. The third kappa shape index (κ3) is 3.79. The van der Waals surface area contributed by atoms with Crippen molar-refractivity contribution in [3.63, 3.8) is 0 Å². The highest BCUT2D eigenvalue weighted by Crippen LogP contribution is 2.30. The van der Waals surface area contributed by atoms with Gasteiger partial charge in [0.1, 0.15) is 23.0 Å². The molecule has 1 N–H and O–H groups in total. The molecule has 0 atom stereocenters. The van der Waals surface area contributed by atoms with Gasteiger partial charge in [0, 0.05) is 41.5 Å². The maximum Gasteiger partial charge on any atom is 0.207 e. The van der Waals surface area contributed by atoms with Crippen LogP contribution in [0.1, 0.15) is 5.69 Å². The summed E-state index contributed by atoms with van der Waals surface area (Å²) in [5.74, 6) is 0.183. The van der Waals surface area contributed by atoms with Crippen LogP contribution in [-0.2, 0) is 0 Å². The Hall–Kier alpha value is -3.60. The van der Waals surface area contributed by atoms with E-state index in [1.54, 1.807) is 39.3 Å². The lowest BCUT2D eigenvalue weighted by molar-refractivity contribution is 0.395. The second kappa shape index (κ2) is 8.03. The molecule has 0 aliphatic rings. The van der Waals surface area contributed by atoms with Crippen molar-refractivity contribution >= 4 is 22.4 Å². The van der Waals surface area contributed by atoms with Gasteiger partial charge in [0.15, 0.2) is 17.3 Å². The van der Waals surface area contributed by atoms with Gasteiger partial charge in [-0.15, -0.1) is 5.10 Å². The molecule has 0 saturated heterocycles. The fourth-order valence-corrected chi connectivity index (χ4v) is 3.38. The third-order valence-corrected chi connectivity index (χ3v) is 4.90. The number of ether oxygens (including phenoxy) is 2. The summed E-state index contributed by atoms with van der Waals surface area (Å²) in [4.78, 5) is 4.44. The van der Waals surface area contributed by atoms with Crippen molar-refractivity contribution in [1.82, 2.24) is 24.4 Å². The van der Waals surface area contributed by atoms with Crippen molar-refractivity contribution in [2.75, 3.05) is 19.5 Å². The molecule has 0 amide bonds. The highest BCUT2D eigenvalue weighted by Gasteiger charge is 2.19. The Morgan fingerprint density at radius 3 is 2.43 bits per heavy atom. The largest absolute Gasteiger partial charge is 0.497 e. The number of benzene rings is 2. The zero-order chi connectivity index (χ0) is 21.3. The minimum absolute atomic E-state index is 0.0877. The summed E-state index contributed by atoms with van der Waals surface area (Å²) in [5.41, 5.74) is 1.71. The molecule has 2 aromatic carbocycles. The summed E-state index contributed by atoms with van der Waals surface area (Å²) < 4.78 is 43.4. The highest BCUT2D eigenvalue weighted by molar-refractivity contribution is 7.09. The summed E-state index contributed by atoms with van der Waals surface area (Å²) >= 11 is 1.13. The summed E-state index contributed by atoms with van der Waals surface area (Å²) in [7, 11) is 3.13. The Morgan fingerprint density at radius 1 is 1.03 bits per heavy atom. The number of aromatic nitrogens is 5. The molecule has 30 heavy (non-hydrogen) atoms. The number of hydrogen-bond donors (Lipinski definition) is 1. The average molecular weight is 430 g/mol. The molecule has 0 aliphatic heterocycles. The molecule has 0 unspecified atom stereocenters. The van der Waals surface area contributed by atoms with Crippen LogP contribution in [0.3, 0.4) is 0 Å². The van der Waals surface area contributed by atoms with Gasteiger partial charge in [0.2, 0.25) is 5.13 Å². The van der Waals surface area contributed by atoms with Crippen LogP contribution < -0.4 is 14.8 Å². The second-order valence-corrected chi connectivity index (χ2v) is 6.93. The number of anilines is 2. The normalized spacial score (nSPS) is 10.8. The molecule has 0 saturated carbocycles. The number of methoxy groups -OCH3 is 2. The van der Waals surface area contributed by atoms with Crippen LogP contribution in [0, 0.1) is 18.6 Å². The van der Waals surface area contributed by atoms with Crippen LogP contribution in [-0.4, -0.2) is 38.6 Å². The lowest BCUT2D eigenvalue weighted by atomic mass is 10.2. The molecule has 2 aromatic heterocycles. The smallest absolute Gasteiger partial charge is 0.207 e. The fraction of sp³-hybridized carbons (Fsp3) is 0.158. The van der Waals surface area contributed by atoms with E-state index in [0.29, 0.717) is 39.5 Å². The van der Waals surface area contributed by atoms with Crippen molar-refractivity contribution in [2.24, 2.45) is 0 Å². The Kier molecular flexibility index (Phi) is 5.27. The maximum absolute atomic E-state index is 14.1. The van der Waals surface area contributed by atoms with E-state index in [2.05, 4.69) is 25.0 Å². The monoisotopic (exact) mass is 430 g/mol. The van der Waals surface area contributed by atoms with Gasteiger partial charge in [-0.2, -0.15) is 9.36 Å². The predicted molar refractivity (Wildman–Crippen MR) is 108 cm³/mol. The van der Waals surface area contributed by atoms with Crippen LogP contribution in [0.5, 0.6) is 11.5 Å². The molecule has 11 heteroatoms. The van der Waals surface area contributed by atoms with Gasteiger partial charge in [0.05, 0.1) is 19.9 Å². The number of nitrogens with one attached hydrogen (secondary N) is 1. The summed E-state index contributed by atoms with van der Waals surface area (Å²) in [6.45, 7) is 1.71. The molecule has 0 radical (unpaired) electrons. The Labute approximate surface area is 174 Å². The van der Waals surface area contributed by atoms with Gasteiger partial charge < -0.3 is 14.8 Å². The van der Waals surface area contributed by atoms with E-state index in [-0.39, 0.29) is 5.69 Å². The van der Waals surface area contributed by atoms with Crippen LogP contribution >= 0.6 is 11.5 Å². The van der Waals surface area contributed by atoms with E-state index in [1.165, 1.54) is 10.7 Å². The average Bonchev–Trinajstić information content (AvgIpc) is 3.34. The number of hydrogen-bond acceptors (Lipinski definition) is 8. The Morgan fingerprint density at radius 2 is 1.77 bits per heavy atom. The van der Waals surface area contributed by atoms with Gasteiger partial charge in [-0.1, -0.05) is 5.21 Å². The predicted octanol–water partition coefficient (Wildman–Crippen LogP) is 4.13. The topological polar surface area (TPSA) is 87.0 Å². The van der Waals surface area contributed by atoms with Gasteiger partial charge in [-0.3, -0.25) is 0 Å². The molecule has 4 rings (SSSR count). The minimum Gasteiger partial charge on any atom is -0.497 e. The van der Waals surface area contributed by atoms with E-state index in [1.807, 2.05) is 0 Å². The summed E-state index contributed by atoms with van der Waals surface area (Å²) in [6.07, 6.45) is 0. The standard InChI is InChI=1S/C19H16F2N6O2S/c1-10-17(24-26-27(10)16-5-4-11(20)6-15(16)21)18-23-19(30-25-18)22-12-7-13(28-2)9-14(8-12)29-3/h4-9H,1-3H3,(H,22,23,25). The van der Waals surface area contributed by atoms with Gasteiger partial charge >= 0.3 is 0 Å². The summed E-state index contributed by atoms with van der Waals surface area (Å²) in [5, 5.41) is 11.7. The first-order valence-electron chi connectivity index (χ1n) is 8.70.